The first-order chi connectivity index (χ1) is 6.11. The molecule has 13 heavy (non-hydrogen) atoms. The van der Waals surface area contributed by atoms with Crippen molar-refractivity contribution in [2.24, 2.45) is 5.92 Å². The van der Waals surface area contributed by atoms with E-state index in [9.17, 15) is 14.9 Å². The third-order valence-corrected chi connectivity index (χ3v) is 2.67. The van der Waals surface area contributed by atoms with Gasteiger partial charge in [-0.3, -0.25) is 14.9 Å². The molecular weight excluding hydrogens is 170 g/mol. The summed E-state index contributed by atoms with van der Waals surface area (Å²) in [6.45, 7) is 1.57. The fraction of sp³-hybridized carbons (Fsp3) is 0.889. The zero-order valence-electron chi connectivity index (χ0n) is 7.86. The van der Waals surface area contributed by atoms with E-state index in [4.69, 9.17) is 0 Å². The first kappa shape index (κ1) is 10.2. The molecular formula is C9H15NO3. The van der Waals surface area contributed by atoms with Crippen molar-refractivity contribution in [3.05, 3.63) is 10.1 Å². The molecule has 0 aromatic heterocycles. The van der Waals surface area contributed by atoms with E-state index >= 15 is 0 Å². The van der Waals surface area contributed by atoms with Crippen LogP contribution >= 0.6 is 0 Å². The molecule has 4 nitrogen and oxygen atoms in total. The van der Waals surface area contributed by atoms with Crippen molar-refractivity contribution >= 4 is 5.78 Å². The van der Waals surface area contributed by atoms with E-state index in [2.05, 4.69) is 0 Å². The Balaban J connectivity index is 2.42. The van der Waals surface area contributed by atoms with Gasteiger partial charge in [0.2, 0.25) is 6.04 Å². The summed E-state index contributed by atoms with van der Waals surface area (Å²) < 4.78 is 0. The van der Waals surface area contributed by atoms with E-state index in [0.29, 0.717) is 12.8 Å². The molecule has 0 aromatic rings. The maximum atomic E-state index is 11.3. The van der Waals surface area contributed by atoms with Crippen molar-refractivity contribution in [3.8, 4) is 0 Å². The predicted molar refractivity (Wildman–Crippen MR) is 48.0 cm³/mol. The zero-order chi connectivity index (χ0) is 9.84. The van der Waals surface area contributed by atoms with Gasteiger partial charge in [-0.05, 0) is 12.8 Å². The van der Waals surface area contributed by atoms with Gasteiger partial charge in [-0.25, -0.2) is 0 Å². The Hall–Kier alpha value is -0.930. The van der Waals surface area contributed by atoms with E-state index in [1.165, 1.54) is 0 Å². The molecule has 0 saturated heterocycles. The highest BCUT2D eigenvalue weighted by molar-refractivity contribution is 5.81. The number of carbonyl (C=O) groups excluding carboxylic acids is 1. The van der Waals surface area contributed by atoms with Crippen LogP contribution in [0.5, 0.6) is 0 Å². The van der Waals surface area contributed by atoms with Crippen LogP contribution in [0.4, 0.5) is 0 Å². The second-order valence-electron chi connectivity index (χ2n) is 3.78. The Kier molecular flexibility index (Phi) is 3.39. The number of Topliss-reactive ketones (excluding diaryl/α,β-unsaturated/α-hetero) is 1. The van der Waals surface area contributed by atoms with Crippen LogP contribution in [0, 0.1) is 16.0 Å². The third kappa shape index (κ3) is 2.79. The maximum Gasteiger partial charge on any atom is 0.211 e. The average Bonchev–Trinajstić information content (AvgIpc) is 2.08. The van der Waals surface area contributed by atoms with Gasteiger partial charge in [0.25, 0.3) is 0 Å². The standard InChI is InChI=1S/C9H15NO3/c1-7(10(12)13)6-8-4-2-3-5-9(8)11/h7-8H,2-6H2,1H3. The van der Waals surface area contributed by atoms with Crippen molar-refractivity contribution in [3.63, 3.8) is 0 Å². The lowest BCUT2D eigenvalue weighted by molar-refractivity contribution is -0.519. The summed E-state index contributed by atoms with van der Waals surface area (Å²) in [5, 5.41) is 10.4. The van der Waals surface area contributed by atoms with E-state index < -0.39 is 6.04 Å². The molecule has 0 aliphatic heterocycles. The number of ketones is 1. The van der Waals surface area contributed by atoms with Gasteiger partial charge in [0.15, 0.2) is 0 Å². The summed E-state index contributed by atoms with van der Waals surface area (Å²) in [6, 6.07) is -0.577. The monoisotopic (exact) mass is 185 g/mol. The molecule has 4 heteroatoms. The van der Waals surface area contributed by atoms with Gasteiger partial charge in [-0.2, -0.15) is 0 Å². The molecule has 0 bridgehead atoms. The lowest BCUT2D eigenvalue weighted by Gasteiger charge is -2.20. The fourth-order valence-electron chi connectivity index (χ4n) is 1.80. The van der Waals surface area contributed by atoms with Crippen molar-refractivity contribution in [1.82, 2.24) is 0 Å². The Bertz CT molecular complexity index is 215. The first-order valence-electron chi connectivity index (χ1n) is 4.77. The summed E-state index contributed by atoms with van der Waals surface area (Å²) in [6.07, 6.45) is 3.89. The molecule has 0 radical (unpaired) electrons. The van der Waals surface area contributed by atoms with E-state index in [1.807, 2.05) is 0 Å². The normalized spacial score (nSPS) is 25.6. The van der Waals surface area contributed by atoms with Gasteiger partial charge in [0, 0.05) is 30.6 Å². The number of carbonyl (C=O) groups is 1. The van der Waals surface area contributed by atoms with Gasteiger partial charge < -0.3 is 0 Å². The maximum absolute atomic E-state index is 11.3. The highest BCUT2D eigenvalue weighted by Gasteiger charge is 2.27. The molecule has 1 rings (SSSR count). The SMILES string of the molecule is CC(CC1CCCCC1=O)[N+](=O)[O-]. The van der Waals surface area contributed by atoms with Gasteiger partial charge in [-0.1, -0.05) is 6.42 Å². The van der Waals surface area contributed by atoms with Crippen LogP contribution in [0.2, 0.25) is 0 Å². The first-order valence-corrected chi connectivity index (χ1v) is 4.77. The molecule has 0 aromatic carbocycles. The Labute approximate surface area is 77.5 Å². The highest BCUT2D eigenvalue weighted by atomic mass is 16.6. The molecule has 1 saturated carbocycles. The van der Waals surface area contributed by atoms with Crippen LogP contribution in [0.25, 0.3) is 0 Å². The third-order valence-electron chi connectivity index (χ3n) is 2.67. The van der Waals surface area contributed by atoms with Crippen molar-refractivity contribution in [1.29, 1.82) is 0 Å². The average molecular weight is 185 g/mol. The molecule has 1 aliphatic carbocycles. The molecule has 0 heterocycles. The predicted octanol–water partition coefficient (Wildman–Crippen LogP) is 1.80. The molecule has 2 unspecified atom stereocenters. The summed E-state index contributed by atoms with van der Waals surface area (Å²) in [5.74, 6) is 0.175. The second-order valence-corrected chi connectivity index (χ2v) is 3.78. The zero-order valence-corrected chi connectivity index (χ0v) is 7.86. The fourth-order valence-corrected chi connectivity index (χ4v) is 1.80. The topological polar surface area (TPSA) is 60.2 Å². The number of hydrogen-bond acceptors (Lipinski definition) is 3. The minimum atomic E-state index is -0.577. The number of nitrogens with zero attached hydrogens (tertiary/aromatic N) is 1. The number of nitro groups is 1. The highest BCUT2D eigenvalue weighted by Crippen LogP contribution is 2.24. The minimum Gasteiger partial charge on any atom is -0.299 e. The van der Waals surface area contributed by atoms with Gasteiger partial charge >= 0.3 is 0 Å². The van der Waals surface area contributed by atoms with Crippen molar-refractivity contribution in [2.45, 2.75) is 45.1 Å². The van der Waals surface area contributed by atoms with Crippen molar-refractivity contribution < 1.29 is 9.72 Å². The van der Waals surface area contributed by atoms with Crippen molar-refractivity contribution in [2.75, 3.05) is 0 Å². The van der Waals surface area contributed by atoms with Crippen LogP contribution in [-0.2, 0) is 4.79 Å². The van der Waals surface area contributed by atoms with Crippen LogP contribution in [-0.4, -0.2) is 16.7 Å². The van der Waals surface area contributed by atoms with E-state index in [-0.39, 0.29) is 16.6 Å². The summed E-state index contributed by atoms with van der Waals surface area (Å²) in [4.78, 5) is 21.4. The number of hydrogen-bond donors (Lipinski definition) is 0. The summed E-state index contributed by atoms with van der Waals surface area (Å²) in [5.41, 5.74) is 0. The lowest BCUT2D eigenvalue weighted by atomic mass is 9.84. The Morgan fingerprint density at radius 3 is 2.85 bits per heavy atom. The molecule has 0 spiro atoms. The van der Waals surface area contributed by atoms with E-state index in [1.54, 1.807) is 6.92 Å². The Morgan fingerprint density at radius 2 is 2.31 bits per heavy atom. The lowest BCUT2D eigenvalue weighted by Crippen LogP contribution is -2.26. The van der Waals surface area contributed by atoms with Crippen LogP contribution in [0.15, 0.2) is 0 Å². The second kappa shape index (κ2) is 4.35. The molecule has 1 fully saturated rings. The minimum absolute atomic E-state index is 0.0471. The van der Waals surface area contributed by atoms with Crippen LogP contribution in [0.1, 0.15) is 39.0 Å². The van der Waals surface area contributed by atoms with E-state index in [0.717, 1.165) is 19.3 Å². The molecule has 1 aliphatic rings. The Morgan fingerprint density at radius 1 is 1.62 bits per heavy atom. The molecule has 0 amide bonds. The quantitative estimate of drug-likeness (QED) is 0.497. The molecule has 2 atom stereocenters. The van der Waals surface area contributed by atoms with Gasteiger partial charge in [0.05, 0.1) is 0 Å². The van der Waals surface area contributed by atoms with Crippen LogP contribution in [0.3, 0.4) is 0 Å². The molecule has 74 valence electrons. The number of rotatable bonds is 3. The van der Waals surface area contributed by atoms with Crippen LogP contribution < -0.4 is 0 Å². The smallest absolute Gasteiger partial charge is 0.211 e. The largest absolute Gasteiger partial charge is 0.299 e. The van der Waals surface area contributed by atoms with Gasteiger partial charge in [-0.15, -0.1) is 0 Å². The van der Waals surface area contributed by atoms with Gasteiger partial charge in [0.1, 0.15) is 5.78 Å². The summed E-state index contributed by atoms with van der Waals surface area (Å²) >= 11 is 0. The molecule has 0 N–H and O–H groups in total. The summed E-state index contributed by atoms with van der Waals surface area (Å²) in [7, 11) is 0.